The first-order valence-electron chi connectivity index (χ1n) is 3.72. The first-order valence-corrected chi connectivity index (χ1v) is 6.93. The van der Waals surface area contributed by atoms with E-state index in [0.717, 1.165) is 0 Å². The molecule has 78 valence electrons. The molecule has 0 heterocycles. The zero-order chi connectivity index (χ0) is 10.3. The fourth-order valence-corrected chi connectivity index (χ4v) is 2.74. The van der Waals surface area contributed by atoms with Gasteiger partial charge in [0.05, 0.1) is 11.5 Å². The number of Topliss-reactive ketones (excluding diaryl/α,β-unsaturated/α-hetero) is 1. The highest BCUT2D eigenvalue weighted by atomic mass is 32.2. The molecule has 4 nitrogen and oxygen atoms in total. The number of hydrogen-bond acceptors (Lipinski definition) is 5. The SMILES string of the molecule is COCC(=O)CSCCS(C)(=O)=O. The summed E-state index contributed by atoms with van der Waals surface area (Å²) in [4.78, 5) is 10.9. The van der Waals surface area contributed by atoms with Gasteiger partial charge in [0.1, 0.15) is 16.4 Å². The van der Waals surface area contributed by atoms with Gasteiger partial charge in [-0.15, -0.1) is 0 Å². The number of hydrogen-bond donors (Lipinski definition) is 0. The van der Waals surface area contributed by atoms with Crippen LogP contribution in [0.15, 0.2) is 0 Å². The second-order valence-electron chi connectivity index (χ2n) is 2.65. The maximum absolute atomic E-state index is 10.9. The quantitative estimate of drug-likeness (QED) is 0.571. The van der Waals surface area contributed by atoms with Gasteiger partial charge in [-0.3, -0.25) is 4.79 Å². The van der Waals surface area contributed by atoms with Crippen molar-refractivity contribution in [3.8, 4) is 0 Å². The second-order valence-corrected chi connectivity index (χ2v) is 6.02. The smallest absolute Gasteiger partial charge is 0.168 e. The van der Waals surface area contributed by atoms with Gasteiger partial charge in [0.15, 0.2) is 5.78 Å². The van der Waals surface area contributed by atoms with Crippen molar-refractivity contribution in [1.82, 2.24) is 0 Å². The van der Waals surface area contributed by atoms with Crippen LogP contribution in [0.4, 0.5) is 0 Å². The number of carbonyl (C=O) groups excluding carboxylic acids is 1. The number of rotatable bonds is 7. The van der Waals surface area contributed by atoms with Crippen molar-refractivity contribution in [3.05, 3.63) is 0 Å². The van der Waals surface area contributed by atoms with E-state index in [1.54, 1.807) is 0 Å². The number of thioether (sulfide) groups is 1. The second kappa shape index (κ2) is 6.39. The molecule has 0 unspecified atom stereocenters. The number of ketones is 1. The molecule has 0 aliphatic heterocycles. The van der Waals surface area contributed by atoms with Gasteiger partial charge in [0.25, 0.3) is 0 Å². The van der Waals surface area contributed by atoms with E-state index in [0.29, 0.717) is 11.5 Å². The van der Waals surface area contributed by atoms with Gasteiger partial charge >= 0.3 is 0 Å². The maximum atomic E-state index is 10.9. The molecular weight excluding hydrogens is 212 g/mol. The van der Waals surface area contributed by atoms with Gasteiger partial charge < -0.3 is 4.74 Å². The van der Waals surface area contributed by atoms with Crippen LogP contribution in [0.25, 0.3) is 0 Å². The van der Waals surface area contributed by atoms with Crippen molar-refractivity contribution in [2.45, 2.75) is 0 Å². The maximum Gasteiger partial charge on any atom is 0.168 e. The molecule has 0 bridgehead atoms. The lowest BCUT2D eigenvalue weighted by Gasteiger charge is -1.99. The van der Waals surface area contributed by atoms with E-state index in [-0.39, 0.29) is 18.1 Å². The predicted octanol–water partition coefficient (Wildman–Crippen LogP) is -0.0203. The molecule has 0 aromatic heterocycles. The molecule has 0 aliphatic carbocycles. The van der Waals surface area contributed by atoms with Crippen LogP contribution in [-0.4, -0.2) is 51.4 Å². The summed E-state index contributed by atoms with van der Waals surface area (Å²) in [6.45, 7) is 0.103. The van der Waals surface area contributed by atoms with Crippen LogP contribution in [0.2, 0.25) is 0 Å². The van der Waals surface area contributed by atoms with Crippen molar-refractivity contribution in [2.24, 2.45) is 0 Å². The minimum absolute atomic E-state index is 0.0130. The summed E-state index contributed by atoms with van der Waals surface area (Å²) in [7, 11) is -1.44. The zero-order valence-electron chi connectivity index (χ0n) is 7.78. The lowest BCUT2D eigenvalue weighted by molar-refractivity contribution is -0.120. The summed E-state index contributed by atoms with van der Waals surface area (Å²) >= 11 is 1.32. The van der Waals surface area contributed by atoms with Crippen molar-refractivity contribution < 1.29 is 17.9 Å². The highest BCUT2D eigenvalue weighted by Crippen LogP contribution is 2.01. The summed E-state index contributed by atoms with van der Waals surface area (Å²) in [6.07, 6.45) is 1.19. The molecule has 0 fully saturated rings. The third-order valence-electron chi connectivity index (χ3n) is 1.17. The van der Waals surface area contributed by atoms with Gasteiger partial charge in [-0.05, 0) is 0 Å². The molecule has 0 saturated heterocycles. The van der Waals surface area contributed by atoms with Gasteiger partial charge in [-0.25, -0.2) is 8.42 Å². The van der Waals surface area contributed by atoms with Crippen LogP contribution in [0.1, 0.15) is 0 Å². The lowest BCUT2D eigenvalue weighted by Crippen LogP contribution is -2.11. The van der Waals surface area contributed by atoms with Crippen LogP contribution in [0.3, 0.4) is 0 Å². The van der Waals surface area contributed by atoms with Crippen LogP contribution < -0.4 is 0 Å². The fourth-order valence-electron chi connectivity index (χ4n) is 0.599. The van der Waals surface area contributed by atoms with E-state index < -0.39 is 9.84 Å². The van der Waals surface area contributed by atoms with E-state index in [1.807, 2.05) is 0 Å². The Labute approximate surface area is 83.0 Å². The fraction of sp³-hybridized carbons (Fsp3) is 0.857. The Kier molecular flexibility index (Phi) is 6.36. The van der Waals surface area contributed by atoms with Crippen LogP contribution >= 0.6 is 11.8 Å². The molecule has 0 aromatic carbocycles. The van der Waals surface area contributed by atoms with Gasteiger partial charge in [-0.2, -0.15) is 11.8 Å². The van der Waals surface area contributed by atoms with Gasteiger partial charge in [0.2, 0.25) is 0 Å². The molecule has 0 radical (unpaired) electrons. The first-order chi connectivity index (χ1) is 5.95. The molecule has 0 spiro atoms. The van der Waals surface area contributed by atoms with E-state index in [9.17, 15) is 13.2 Å². The summed E-state index contributed by atoms with van der Waals surface area (Å²) in [6, 6.07) is 0. The normalized spacial score (nSPS) is 11.5. The Morgan fingerprint density at radius 1 is 1.46 bits per heavy atom. The summed E-state index contributed by atoms with van der Waals surface area (Å²) in [5.74, 6) is 0.899. The molecule has 0 aromatic rings. The predicted molar refractivity (Wildman–Crippen MR) is 53.9 cm³/mol. The Morgan fingerprint density at radius 2 is 2.08 bits per heavy atom. The number of ether oxygens (including phenoxy) is 1. The Balaban J connectivity index is 3.41. The van der Waals surface area contributed by atoms with Crippen molar-refractivity contribution in [2.75, 3.05) is 37.2 Å². The summed E-state index contributed by atoms with van der Waals surface area (Å²) in [5.41, 5.74) is 0. The van der Waals surface area contributed by atoms with Gasteiger partial charge in [0, 0.05) is 19.1 Å². The van der Waals surface area contributed by atoms with E-state index >= 15 is 0 Å². The number of carbonyl (C=O) groups is 1. The molecular formula is C7H14O4S2. The average Bonchev–Trinajstić information content (AvgIpc) is 1.97. The largest absolute Gasteiger partial charge is 0.377 e. The minimum Gasteiger partial charge on any atom is -0.377 e. The standard InChI is InChI=1S/C7H14O4S2/c1-11-5-7(8)6-12-3-4-13(2,9)10/h3-6H2,1-2H3. The van der Waals surface area contributed by atoms with Crippen LogP contribution in [-0.2, 0) is 19.4 Å². The lowest BCUT2D eigenvalue weighted by atomic mass is 10.5. The van der Waals surface area contributed by atoms with Gasteiger partial charge in [-0.1, -0.05) is 0 Å². The number of methoxy groups -OCH3 is 1. The van der Waals surface area contributed by atoms with E-state index in [2.05, 4.69) is 4.74 Å². The molecule has 0 aliphatic rings. The highest BCUT2D eigenvalue weighted by Gasteiger charge is 2.04. The minimum atomic E-state index is -2.90. The van der Waals surface area contributed by atoms with Crippen molar-refractivity contribution in [1.29, 1.82) is 0 Å². The van der Waals surface area contributed by atoms with Crippen LogP contribution in [0.5, 0.6) is 0 Å². The summed E-state index contributed by atoms with van der Waals surface area (Å²) in [5, 5.41) is 0. The van der Waals surface area contributed by atoms with E-state index in [4.69, 9.17) is 0 Å². The molecule has 0 N–H and O–H groups in total. The van der Waals surface area contributed by atoms with Crippen molar-refractivity contribution in [3.63, 3.8) is 0 Å². The van der Waals surface area contributed by atoms with Crippen molar-refractivity contribution >= 4 is 27.4 Å². The van der Waals surface area contributed by atoms with Crippen LogP contribution in [0, 0.1) is 0 Å². The molecule has 6 heteroatoms. The highest BCUT2D eigenvalue weighted by molar-refractivity contribution is 8.01. The first kappa shape index (κ1) is 12.9. The monoisotopic (exact) mass is 226 g/mol. The molecule has 0 saturated carbocycles. The van der Waals surface area contributed by atoms with E-state index in [1.165, 1.54) is 25.1 Å². The Bertz CT molecular complexity index is 245. The zero-order valence-corrected chi connectivity index (χ0v) is 9.41. The third kappa shape index (κ3) is 9.85. The molecule has 0 amide bonds. The molecule has 13 heavy (non-hydrogen) atoms. The molecule has 0 rings (SSSR count). The topological polar surface area (TPSA) is 60.4 Å². The third-order valence-corrected chi connectivity index (χ3v) is 3.39. The summed E-state index contributed by atoms with van der Waals surface area (Å²) < 4.78 is 26.0. The Morgan fingerprint density at radius 3 is 2.54 bits per heavy atom. The number of sulfone groups is 1. The molecule has 0 atom stereocenters. The Hall–Kier alpha value is -0.0700. The average molecular weight is 226 g/mol.